The van der Waals surface area contributed by atoms with Crippen molar-refractivity contribution in [1.29, 1.82) is 0 Å². The highest BCUT2D eigenvalue weighted by atomic mass is 35.5. The summed E-state index contributed by atoms with van der Waals surface area (Å²) in [4.78, 5) is 12.3. The number of aryl methyl sites for hydroxylation is 1. The molecule has 0 radical (unpaired) electrons. The summed E-state index contributed by atoms with van der Waals surface area (Å²) in [5, 5.41) is 0.487. The van der Waals surface area contributed by atoms with E-state index in [9.17, 15) is 4.79 Å². The highest BCUT2D eigenvalue weighted by Crippen LogP contribution is 2.28. The Morgan fingerprint density at radius 1 is 1.05 bits per heavy atom. The zero-order valence-electron chi connectivity index (χ0n) is 12.3. The molecule has 0 heterocycles. The molecule has 0 fully saturated rings. The lowest BCUT2D eigenvalue weighted by atomic mass is 10.0. The third-order valence-electron chi connectivity index (χ3n) is 3.24. The molecule has 0 saturated heterocycles. The van der Waals surface area contributed by atoms with Crippen LogP contribution in [0.15, 0.2) is 36.4 Å². The zero-order valence-corrected chi connectivity index (χ0v) is 13.0. The van der Waals surface area contributed by atoms with E-state index in [1.807, 2.05) is 19.1 Å². The van der Waals surface area contributed by atoms with Gasteiger partial charge in [-0.1, -0.05) is 23.7 Å². The predicted molar refractivity (Wildman–Crippen MR) is 83.8 cm³/mol. The number of halogens is 1. The van der Waals surface area contributed by atoms with E-state index in [-0.39, 0.29) is 12.2 Å². The van der Waals surface area contributed by atoms with Crippen LogP contribution in [-0.4, -0.2) is 20.0 Å². The van der Waals surface area contributed by atoms with Crippen molar-refractivity contribution < 1.29 is 14.3 Å². The van der Waals surface area contributed by atoms with Crippen LogP contribution in [0.3, 0.4) is 0 Å². The lowest BCUT2D eigenvalue weighted by Crippen LogP contribution is -2.05. The van der Waals surface area contributed by atoms with E-state index in [4.69, 9.17) is 21.1 Å². The Labute approximate surface area is 129 Å². The summed E-state index contributed by atoms with van der Waals surface area (Å²) < 4.78 is 10.4. The minimum atomic E-state index is -0.0211. The van der Waals surface area contributed by atoms with Gasteiger partial charge in [-0.25, -0.2) is 0 Å². The summed E-state index contributed by atoms with van der Waals surface area (Å²) in [5.74, 6) is 1.23. The van der Waals surface area contributed by atoms with Crippen LogP contribution in [0.25, 0.3) is 0 Å². The van der Waals surface area contributed by atoms with Crippen LogP contribution in [0.5, 0.6) is 11.5 Å². The molecule has 0 aliphatic carbocycles. The minimum Gasteiger partial charge on any atom is -0.493 e. The van der Waals surface area contributed by atoms with E-state index in [2.05, 4.69) is 0 Å². The molecule has 0 unspecified atom stereocenters. The number of Topliss-reactive ketones (excluding diaryl/α,β-unsaturated/α-hetero) is 1. The van der Waals surface area contributed by atoms with Gasteiger partial charge in [-0.2, -0.15) is 0 Å². The molecule has 4 heteroatoms. The third-order valence-corrected chi connectivity index (χ3v) is 3.55. The van der Waals surface area contributed by atoms with E-state index in [0.29, 0.717) is 22.1 Å². The second kappa shape index (κ2) is 6.64. The molecule has 0 aliphatic rings. The fraction of sp³-hybridized carbons (Fsp3) is 0.235. The van der Waals surface area contributed by atoms with Crippen LogP contribution in [0.1, 0.15) is 21.5 Å². The van der Waals surface area contributed by atoms with Gasteiger partial charge < -0.3 is 9.47 Å². The van der Waals surface area contributed by atoms with Gasteiger partial charge in [0.1, 0.15) is 0 Å². The van der Waals surface area contributed by atoms with Gasteiger partial charge in [0.15, 0.2) is 17.3 Å². The maximum absolute atomic E-state index is 12.3. The van der Waals surface area contributed by atoms with Crippen molar-refractivity contribution in [3.05, 3.63) is 58.1 Å². The van der Waals surface area contributed by atoms with Crippen LogP contribution in [0.2, 0.25) is 5.02 Å². The van der Waals surface area contributed by atoms with Gasteiger partial charge in [0.25, 0.3) is 0 Å². The molecule has 0 saturated carbocycles. The number of benzene rings is 2. The number of carbonyl (C=O) groups is 1. The number of methoxy groups -OCH3 is 2. The Balaban J connectivity index is 2.23. The number of carbonyl (C=O) groups excluding carboxylic acids is 1. The summed E-state index contributed by atoms with van der Waals surface area (Å²) in [6, 6.07) is 10.9. The van der Waals surface area contributed by atoms with Crippen molar-refractivity contribution in [2.24, 2.45) is 0 Å². The first-order valence-electron chi connectivity index (χ1n) is 6.55. The fourth-order valence-corrected chi connectivity index (χ4v) is 2.46. The molecule has 0 aromatic heterocycles. The van der Waals surface area contributed by atoms with E-state index in [0.717, 1.165) is 11.1 Å². The van der Waals surface area contributed by atoms with Gasteiger partial charge in [-0.05, 0) is 42.3 Å². The summed E-state index contributed by atoms with van der Waals surface area (Å²) >= 11 is 6.13. The molecule has 3 nitrogen and oxygen atoms in total. The standard InChI is InChI=1S/C17H17ClO3/c1-11-4-6-13(14(18)8-11)15(19)9-12-5-7-16(20-2)17(10-12)21-3/h4-8,10H,9H2,1-3H3. The van der Waals surface area contributed by atoms with Gasteiger partial charge in [0, 0.05) is 12.0 Å². The molecular formula is C17H17ClO3. The Kier molecular flexibility index (Phi) is 4.86. The van der Waals surface area contributed by atoms with Crippen molar-refractivity contribution >= 4 is 17.4 Å². The van der Waals surface area contributed by atoms with Gasteiger partial charge in [-0.3, -0.25) is 4.79 Å². The molecule has 21 heavy (non-hydrogen) atoms. The molecule has 0 aliphatic heterocycles. The number of rotatable bonds is 5. The van der Waals surface area contributed by atoms with Crippen LogP contribution in [0.4, 0.5) is 0 Å². The highest BCUT2D eigenvalue weighted by Gasteiger charge is 2.13. The van der Waals surface area contributed by atoms with E-state index in [1.54, 1.807) is 38.5 Å². The Hall–Kier alpha value is -2.00. The normalized spacial score (nSPS) is 10.3. The molecule has 0 N–H and O–H groups in total. The molecule has 0 spiro atoms. The second-order valence-electron chi connectivity index (χ2n) is 4.77. The quantitative estimate of drug-likeness (QED) is 0.780. The zero-order chi connectivity index (χ0) is 15.4. The van der Waals surface area contributed by atoms with Crippen LogP contribution < -0.4 is 9.47 Å². The van der Waals surface area contributed by atoms with E-state index >= 15 is 0 Å². The van der Waals surface area contributed by atoms with Gasteiger partial charge in [-0.15, -0.1) is 0 Å². The molecule has 2 rings (SSSR count). The molecular weight excluding hydrogens is 288 g/mol. The van der Waals surface area contributed by atoms with Crippen LogP contribution in [-0.2, 0) is 6.42 Å². The lowest BCUT2D eigenvalue weighted by molar-refractivity contribution is 0.0993. The molecule has 0 bridgehead atoms. The van der Waals surface area contributed by atoms with Crippen molar-refractivity contribution in [2.45, 2.75) is 13.3 Å². The minimum absolute atomic E-state index is 0.0211. The molecule has 0 amide bonds. The maximum Gasteiger partial charge on any atom is 0.168 e. The van der Waals surface area contributed by atoms with E-state index < -0.39 is 0 Å². The number of hydrogen-bond acceptors (Lipinski definition) is 3. The van der Waals surface area contributed by atoms with E-state index in [1.165, 1.54) is 0 Å². The van der Waals surface area contributed by atoms with Crippen molar-refractivity contribution in [3.8, 4) is 11.5 Å². The fourth-order valence-electron chi connectivity index (χ4n) is 2.12. The Morgan fingerprint density at radius 2 is 1.76 bits per heavy atom. The number of ether oxygens (including phenoxy) is 2. The maximum atomic E-state index is 12.3. The number of ketones is 1. The Morgan fingerprint density at radius 3 is 2.38 bits per heavy atom. The first kappa shape index (κ1) is 15.4. The average Bonchev–Trinajstić information content (AvgIpc) is 2.46. The first-order valence-corrected chi connectivity index (χ1v) is 6.93. The Bertz CT molecular complexity index is 665. The summed E-state index contributed by atoms with van der Waals surface area (Å²) in [6.45, 7) is 1.94. The lowest BCUT2D eigenvalue weighted by Gasteiger charge is -2.10. The smallest absolute Gasteiger partial charge is 0.168 e. The largest absolute Gasteiger partial charge is 0.493 e. The van der Waals surface area contributed by atoms with Gasteiger partial charge in [0.2, 0.25) is 0 Å². The topological polar surface area (TPSA) is 35.5 Å². The molecule has 2 aromatic rings. The monoisotopic (exact) mass is 304 g/mol. The average molecular weight is 305 g/mol. The SMILES string of the molecule is COc1ccc(CC(=O)c2ccc(C)cc2Cl)cc1OC. The first-order chi connectivity index (χ1) is 10.0. The predicted octanol–water partition coefficient (Wildman–Crippen LogP) is 4.09. The van der Waals surface area contributed by atoms with Crippen LogP contribution in [0, 0.1) is 6.92 Å². The number of hydrogen-bond donors (Lipinski definition) is 0. The third kappa shape index (κ3) is 3.56. The van der Waals surface area contributed by atoms with Crippen molar-refractivity contribution in [2.75, 3.05) is 14.2 Å². The summed E-state index contributed by atoms with van der Waals surface area (Å²) in [6.07, 6.45) is 0.267. The highest BCUT2D eigenvalue weighted by molar-refractivity contribution is 6.34. The second-order valence-corrected chi connectivity index (χ2v) is 5.18. The molecule has 0 atom stereocenters. The van der Waals surface area contributed by atoms with Crippen molar-refractivity contribution in [3.63, 3.8) is 0 Å². The summed E-state index contributed by atoms with van der Waals surface area (Å²) in [7, 11) is 3.15. The summed E-state index contributed by atoms with van der Waals surface area (Å²) in [5.41, 5.74) is 2.43. The van der Waals surface area contributed by atoms with Crippen LogP contribution >= 0.6 is 11.6 Å². The van der Waals surface area contributed by atoms with Crippen molar-refractivity contribution in [1.82, 2.24) is 0 Å². The molecule has 110 valence electrons. The van der Waals surface area contributed by atoms with Gasteiger partial charge in [0.05, 0.1) is 19.2 Å². The van der Waals surface area contributed by atoms with Gasteiger partial charge >= 0.3 is 0 Å². The molecule has 2 aromatic carbocycles.